The Morgan fingerprint density at radius 1 is 1.10 bits per heavy atom. The molecule has 3 nitrogen and oxygen atoms in total. The highest BCUT2D eigenvalue weighted by molar-refractivity contribution is 5.01. The van der Waals surface area contributed by atoms with Gasteiger partial charge in [-0.05, 0) is 59.5 Å². The third-order valence-corrected chi connectivity index (χ3v) is 4.77. The van der Waals surface area contributed by atoms with Crippen molar-refractivity contribution in [2.45, 2.75) is 72.5 Å². The number of nitrogens with zero attached hydrogens (tertiary/aromatic N) is 2. The predicted molar refractivity (Wildman–Crippen MR) is 91.8 cm³/mol. The highest BCUT2D eigenvalue weighted by Crippen LogP contribution is 2.43. The van der Waals surface area contributed by atoms with Gasteiger partial charge in [0, 0.05) is 24.2 Å². The highest BCUT2D eigenvalue weighted by atomic mass is 16.5. The molecule has 3 atom stereocenters. The molecule has 0 aromatic carbocycles. The summed E-state index contributed by atoms with van der Waals surface area (Å²) in [7, 11) is 4.19. The first-order chi connectivity index (χ1) is 9.44. The second-order valence-electron chi connectivity index (χ2n) is 9.07. The number of ether oxygens (including phenoxy) is 1. The summed E-state index contributed by atoms with van der Waals surface area (Å²) < 4.78 is 5.95. The Labute approximate surface area is 133 Å². The number of rotatable bonds is 5. The molecule has 21 heavy (non-hydrogen) atoms. The first kappa shape index (κ1) is 18.9. The maximum Gasteiger partial charge on any atom is 0.0593 e. The standard InChI is InChI=1S/C18H38N2O/c1-14-15(13-21-11-10-19(8)9)12-16(17(2,3)4)20(14)18(5,6)7/h14-16H,10-13H2,1-9H3/t14-,15-,16+/m1/s1. The predicted octanol–water partition coefficient (Wildman–Crippen LogP) is 3.49. The van der Waals surface area contributed by atoms with Crippen LogP contribution in [0.1, 0.15) is 54.9 Å². The van der Waals surface area contributed by atoms with Gasteiger partial charge in [-0.3, -0.25) is 4.90 Å². The molecule has 0 radical (unpaired) electrons. The highest BCUT2D eigenvalue weighted by Gasteiger charge is 2.47. The summed E-state index contributed by atoms with van der Waals surface area (Å²) in [5, 5.41) is 0. The lowest BCUT2D eigenvalue weighted by Gasteiger charge is -2.45. The molecule has 126 valence electrons. The second-order valence-corrected chi connectivity index (χ2v) is 9.07. The topological polar surface area (TPSA) is 15.7 Å². The van der Waals surface area contributed by atoms with E-state index >= 15 is 0 Å². The smallest absolute Gasteiger partial charge is 0.0593 e. The third-order valence-electron chi connectivity index (χ3n) is 4.77. The number of hydrogen-bond acceptors (Lipinski definition) is 3. The summed E-state index contributed by atoms with van der Waals surface area (Å²) in [6.07, 6.45) is 1.25. The summed E-state index contributed by atoms with van der Waals surface area (Å²) in [5.41, 5.74) is 0.537. The summed E-state index contributed by atoms with van der Waals surface area (Å²) in [6, 6.07) is 1.23. The van der Waals surface area contributed by atoms with Crippen LogP contribution in [0.3, 0.4) is 0 Å². The summed E-state index contributed by atoms with van der Waals surface area (Å²) in [6.45, 7) is 19.3. The molecule has 1 fully saturated rings. The average molecular weight is 299 g/mol. The Balaban J connectivity index is 2.68. The summed E-state index contributed by atoms with van der Waals surface area (Å²) in [4.78, 5) is 4.91. The van der Waals surface area contributed by atoms with E-state index in [1.807, 2.05) is 0 Å². The van der Waals surface area contributed by atoms with E-state index in [2.05, 4.69) is 72.4 Å². The number of hydrogen-bond donors (Lipinski definition) is 0. The summed E-state index contributed by atoms with van der Waals surface area (Å²) >= 11 is 0. The van der Waals surface area contributed by atoms with Crippen LogP contribution >= 0.6 is 0 Å². The lowest BCUT2D eigenvalue weighted by Crippen LogP contribution is -2.52. The monoisotopic (exact) mass is 298 g/mol. The van der Waals surface area contributed by atoms with E-state index in [1.165, 1.54) is 6.42 Å². The quantitative estimate of drug-likeness (QED) is 0.723. The second kappa shape index (κ2) is 6.97. The maximum atomic E-state index is 5.95. The van der Waals surface area contributed by atoms with Crippen molar-refractivity contribution >= 4 is 0 Å². The molecule has 0 amide bonds. The first-order valence-electron chi connectivity index (χ1n) is 8.45. The van der Waals surface area contributed by atoms with Crippen LogP contribution in [-0.2, 0) is 4.74 Å². The van der Waals surface area contributed by atoms with Gasteiger partial charge in [0.1, 0.15) is 0 Å². The Kier molecular flexibility index (Phi) is 6.28. The van der Waals surface area contributed by atoms with Gasteiger partial charge in [0.15, 0.2) is 0 Å². The molecular weight excluding hydrogens is 260 g/mol. The van der Waals surface area contributed by atoms with Crippen LogP contribution in [0.25, 0.3) is 0 Å². The third kappa shape index (κ3) is 5.22. The van der Waals surface area contributed by atoms with Crippen LogP contribution in [0.2, 0.25) is 0 Å². The molecule has 3 heteroatoms. The van der Waals surface area contributed by atoms with Crippen LogP contribution in [-0.4, -0.2) is 61.3 Å². The minimum Gasteiger partial charge on any atom is -0.380 e. The zero-order valence-electron chi connectivity index (χ0n) is 15.9. The van der Waals surface area contributed by atoms with Gasteiger partial charge >= 0.3 is 0 Å². The van der Waals surface area contributed by atoms with Crippen molar-refractivity contribution in [1.82, 2.24) is 9.80 Å². The van der Waals surface area contributed by atoms with Gasteiger partial charge < -0.3 is 9.64 Å². The maximum absolute atomic E-state index is 5.95. The van der Waals surface area contributed by atoms with Gasteiger partial charge in [0.2, 0.25) is 0 Å². The van der Waals surface area contributed by atoms with E-state index in [1.54, 1.807) is 0 Å². The lowest BCUT2D eigenvalue weighted by atomic mass is 9.82. The van der Waals surface area contributed by atoms with E-state index in [-0.39, 0.29) is 5.54 Å². The molecule has 0 spiro atoms. The van der Waals surface area contributed by atoms with Gasteiger partial charge in [0.05, 0.1) is 13.2 Å². The van der Waals surface area contributed by atoms with Gasteiger partial charge in [-0.2, -0.15) is 0 Å². The number of likely N-dealkylation sites (N-methyl/N-ethyl adjacent to an activating group) is 1. The lowest BCUT2D eigenvalue weighted by molar-refractivity contribution is 0.0203. The molecule has 0 bridgehead atoms. The molecule has 1 aliphatic heterocycles. The molecule has 0 aromatic rings. The van der Waals surface area contributed by atoms with Gasteiger partial charge in [-0.1, -0.05) is 20.8 Å². The molecule has 0 aliphatic carbocycles. The van der Waals surface area contributed by atoms with Crippen LogP contribution in [0, 0.1) is 11.3 Å². The van der Waals surface area contributed by atoms with E-state index in [9.17, 15) is 0 Å². The van der Waals surface area contributed by atoms with Crippen molar-refractivity contribution in [2.24, 2.45) is 11.3 Å². The fourth-order valence-electron chi connectivity index (χ4n) is 3.65. The average Bonchev–Trinajstić information content (AvgIpc) is 2.61. The van der Waals surface area contributed by atoms with Crippen LogP contribution in [0.4, 0.5) is 0 Å². The molecule has 0 N–H and O–H groups in total. The largest absolute Gasteiger partial charge is 0.380 e. The summed E-state index contributed by atoms with van der Waals surface area (Å²) in [5.74, 6) is 0.649. The first-order valence-corrected chi connectivity index (χ1v) is 8.45. The van der Waals surface area contributed by atoms with E-state index in [0.717, 1.165) is 19.8 Å². The Morgan fingerprint density at radius 2 is 1.67 bits per heavy atom. The van der Waals surface area contributed by atoms with Crippen molar-refractivity contribution in [2.75, 3.05) is 33.9 Å². The molecule has 0 saturated carbocycles. The van der Waals surface area contributed by atoms with Gasteiger partial charge in [0.25, 0.3) is 0 Å². The molecular formula is C18H38N2O. The zero-order valence-corrected chi connectivity index (χ0v) is 15.9. The van der Waals surface area contributed by atoms with Gasteiger partial charge in [-0.15, -0.1) is 0 Å². The van der Waals surface area contributed by atoms with Crippen LogP contribution < -0.4 is 0 Å². The molecule has 0 aromatic heterocycles. The van der Waals surface area contributed by atoms with E-state index in [0.29, 0.717) is 23.4 Å². The Bertz CT molecular complexity index is 314. The van der Waals surface area contributed by atoms with Crippen molar-refractivity contribution in [1.29, 1.82) is 0 Å². The van der Waals surface area contributed by atoms with Crippen molar-refractivity contribution in [3.8, 4) is 0 Å². The molecule has 1 rings (SSSR count). The van der Waals surface area contributed by atoms with Gasteiger partial charge in [-0.25, -0.2) is 0 Å². The van der Waals surface area contributed by atoms with Crippen LogP contribution in [0.5, 0.6) is 0 Å². The van der Waals surface area contributed by atoms with Crippen molar-refractivity contribution in [3.63, 3.8) is 0 Å². The zero-order chi connectivity index (χ0) is 16.4. The fraction of sp³-hybridized carbons (Fsp3) is 1.00. The molecule has 1 saturated heterocycles. The van der Waals surface area contributed by atoms with E-state index < -0.39 is 0 Å². The Morgan fingerprint density at radius 3 is 2.05 bits per heavy atom. The normalized spacial score (nSPS) is 28.6. The van der Waals surface area contributed by atoms with Crippen molar-refractivity contribution in [3.05, 3.63) is 0 Å². The number of likely N-dealkylation sites (tertiary alicyclic amines) is 1. The minimum atomic E-state index is 0.218. The Hall–Kier alpha value is -0.120. The molecule has 0 unspecified atom stereocenters. The SMILES string of the molecule is C[C@@H]1[C@@H](COCCN(C)C)C[C@@H](C(C)(C)C)N1C(C)(C)C. The van der Waals surface area contributed by atoms with Crippen molar-refractivity contribution < 1.29 is 4.74 Å². The van der Waals surface area contributed by atoms with Crippen LogP contribution in [0.15, 0.2) is 0 Å². The molecule has 1 heterocycles. The van der Waals surface area contributed by atoms with E-state index in [4.69, 9.17) is 4.74 Å². The fourth-order valence-corrected chi connectivity index (χ4v) is 3.65. The molecule has 1 aliphatic rings. The minimum absolute atomic E-state index is 0.218.